The van der Waals surface area contributed by atoms with Crippen LogP contribution >= 0.6 is 0 Å². The number of nitrogens with zero attached hydrogens (tertiary/aromatic N) is 5. The number of anilines is 2. The number of imidazole rings is 1. The number of hydrogen-bond donors (Lipinski definition) is 0. The summed E-state index contributed by atoms with van der Waals surface area (Å²) in [4.78, 5) is 33.4. The van der Waals surface area contributed by atoms with Gasteiger partial charge in [-0.25, -0.2) is 4.79 Å². The van der Waals surface area contributed by atoms with Crippen LogP contribution in [-0.2, 0) is 26.6 Å². The van der Waals surface area contributed by atoms with Crippen molar-refractivity contribution >= 4 is 22.8 Å². The monoisotopic (exact) mass is 461 g/mol. The summed E-state index contributed by atoms with van der Waals surface area (Å²) in [6.07, 6.45) is 1.40. The van der Waals surface area contributed by atoms with Gasteiger partial charge in [0.1, 0.15) is 11.5 Å². The minimum Gasteiger partial charge on any atom is -0.497 e. The second kappa shape index (κ2) is 8.74. The molecule has 0 atom stereocenters. The van der Waals surface area contributed by atoms with Crippen molar-refractivity contribution < 1.29 is 9.47 Å². The molecule has 2 aromatic carbocycles. The fourth-order valence-electron chi connectivity index (χ4n) is 4.58. The van der Waals surface area contributed by atoms with E-state index in [1.54, 1.807) is 21.3 Å². The Hall–Kier alpha value is -4.01. The molecular formula is C25H27N5O4. The largest absolute Gasteiger partial charge is 0.497 e. The van der Waals surface area contributed by atoms with Crippen LogP contribution in [0.2, 0.25) is 0 Å². The van der Waals surface area contributed by atoms with Crippen molar-refractivity contribution in [2.24, 2.45) is 7.05 Å². The lowest BCUT2D eigenvalue weighted by Gasteiger charge is -2.30. The highest BCUT2D eigenvalue weighted by atomic mass is 16.5. The summed E-state index contributed by atoms with van der Waals surface area (Å²) in [6.45, 7) is 1.64. The standard InChI is InChI=1S/C25H27N5O4/c1-27-22-21(23(31)30(25(27)32)15-12-17-8-5-4-6-9-17)29-14-7-13-28(24(29)26-22)19-16-18(33-2)10-11-20(19)34-3/h4-6,8-11,16H,7,12-15H2,1-3H3. The highest BCUT2D eigenvalue weighted by molar-refractivity contribution is 5.78. The number of hydrogen-bond acceptors (Lipinski definition) is 6. The minimum absolute atomic E-state index is 0.305. The van der Waals surface area contributed by atoms with E-state index in [4.69, 9.17) is 14.5 Å². The zero-order chi connectivity index (χ0) is 23.8. The molecule has 0 amide bonds. The molecule has 176 valence electrons. The summed E-state index contributed by atoms with van der Waals surface area (Å²) in [6, 6.07) is 15.4. The summed E-state index contributed by atoms with van der Waals surface area (Å²) < 4.78 is 15.7. The average molecular weight is 462 g/mol. The van der Waals surface area contributed by atoms with E-state index in [0.717, 1.165) is 17.7 Å². The molecular weight excluding hydrogens is 434 g/mol. The molecule has 5 rings (SSSR count). The second-order valence-electron chi connectivity index (χ2n) is 8.31. The molecule has 9 heteroatoms. The van der Waals surface area contributed by atoms with E-state index in [0.29, 0.717) is 54.7 Å². The number of rotatable bonds is 6. The summed E-state index contributed by atoms with van der Waals surface area (Å²) in [5, 5.41) is 0. The summed E-state index contributed by atoms with van der Waals surface area (Å²) in [5.41, 5.74) is 2.02. The summed E-state index contributed by atoms with van der Waals surface area (Å²) in [7, 11) is 4.90. The van der Waals surface area contributed by atoms with Crippen molar-refractivity contribution in [1.29, 1.82) is 0 Å². The third-order valence-electron chi connectivity index (χ3n) is 6.36. The maximum Gasteiger partial charge on any atom is 0.332 e. The van der Waals surface area contributed by atoms with E-state index in [2.05, 4.69) is 0 Å². The van der Waals surface area contributed by atoms with E-state index in [1.807, 2.05) is 58.0 Å². The third-order valence-corrected chi connectivity index (χ3v) is 6.36. The van der Waals surface area contributed by atoms with Gasteiger partial charge in [0.2, 0.25) is 5.95 Å². The van der Waals surface area contributed by atoms with Crippen molar-refractivity contribution in [3.63, 3.8) is 0 Å². The van der Waals surface area contributed by atoms with Gasteiger partial charge in [0.25, 0.3) is 5.56 Å². The molecule has 0 fully saturated rings. The van der Waals surface area contributed by atoms with E-state index >= 15 is 0 Å². The maximum atomic E-state index is 13.5. The Bertz CT molecular complexity index is 1470. The van der Waals surface area contributed by atoms with Gasteiger partial charge >= 0.3 is 5.69 Å². The molecule has 0 N–H and O–H groups in total. The lowest BCUT2D eigenvalue weighted by Crippen LogP contribution is -2.40. The van der Waals surface area contributed by atoms with Crippen LogP contribution in [0, 0.1) is 0 Å². The predicted octanol–water partition coefficient (Wildman–Crippen LogP) is 2.70. The van der Waals surface area contributed by atoms with Crippen LogP contribution < -0.4 is 25.6 Å². The summed E-state index contributed by atoms with van der Waals surface area (Å²) >= 11 is 0. The Morgan fingerprint density at radius 2 is 1.79 bits per heavy atom. The van der Waals surface area contributed by atoms with Crippen LogP contribution in [0.25, 0.3) is 11.2 Å². The Kier molecular flexibility index (Phi) is 5.61. The first kappa shape index (κ1) is 21.8. The molecule has 2 aromatic heterocycles. The van der Waals surface area contributed by atoms with Gasteiger partial charge in [0.15, 0.2) is 11.2 Å². The van der Waals surface area contributed by atoms with Gasteiger partial charge in [-0.05, 0) is 30.5 Å². The zero-order valence-electron chi connectivity index (χ0n) is 19.5. The van der Waals surface area contributed by atoms with Gasteiger partial charge in [0, 0.05) is 32.7 Å². The molecule has 0 saturated carbocycles. The molecule has 3 heterocycles. The predicted molar refractivity (Wildman–Crippen MR) is 131 cm³/mol. The highest BCUT2D eigenvalue weighted by Crippen LogP contribution is 2.38. The number of ether oxygens (including phenoxy) is 2. The second-order valence-corrected chi connectivity index (χ2v) is 8.31. The normalized spacial score (nSPS) is 13.2. The molecule has 0 unspecified atom stereocenters. The smallest absolute Gasteiger partial charge is 0.332 e. The molecule has 1 aliphatic rings. The number of benzene rings is 2. The fourth-order valence-corrected chi connectivity index (χ4v) is 4.58. The topological polar surface area (TPSA) is 83.5 Å². The SMILES string of the molecule is COc1ccc(OC)c(N2CCCn3c2nc2c3c(=O)n(CCc3ccccc3)c(=O)n2C)c1. The third kappa shape index (κ3) is 3.53. The maximum absolute atomic E-state index is 13.5. The molecule has 0 spiro atoms. The van der Waals surface area contributed by atoms with Crippen LogP contribution in [-0.4, -0.2) is 39.4 Å². The number of fused-ring (bicyclic) bond motifs is 3. The zero-order valence-corrected chi connectivity index (χ0v) is 19.5. The Morgan fingerprint density at radius 3 is 2.53 bits per heavy atom. The lowest BCUT2D eigenvalue weighted by atomic mass is 10.1. The van der Waals surface area contributed by atoms with E-state index in [9.17, 15) is 9.59 Å². The fraction of sp³-hybridized carbons (Fsp3) is 0.320. The molecule has 0 aliphatic carbocycles. The van der Waals surface area contributed by atoms with Crippen molar-refractivity contribution in [3.8, 4) is 11.5 Å². The highest BCUT2D eigenvalue weighted by Gasteiger charge is 2.28. The Balaban J connectivity index is 1.64. The van der Waals surface area contributed by atoms with Gasteiger partial charge in [-0.2, -0.15) is 4.98 Å². The number of aromatic nitrogens is 4. The average Bonchev–Trinajstić information content (AvgIpc) is 3.28. The van der Waals surface area contributed by atoms with E-state index < -0.39 is 0 Å². The minimum atomic E-state index is -0.366. The Labute approximate surface area is 196 Å². The van der Waals surface area contributed by atoms with Crippen molar-refractivity contribution in [2.45, 2.75) is 25.9 Å². The number of aryl methyl sites for hydroxylation is 3. The van der Waals surface area contributed by atoms with Gasteiger partial charge in [-0.1, -0.05) is 30.3 Å². The lowest BCUT2D eigenvalue weighted by molar-refractivity contribution is 0.403. The van der Waals surface area contributed by atoms with Crippen molar-refractivity contribution in [2.75, 3.05) is 25.7 Å². The molecule has 9 nitrogen and oxygen atoms in total. The van der Waals surface area contributed by atoms with Crippen LogP contribution in [0.3, 0.4) is 0 Å². The van der Waals surface area contributed by atoms with E-state index in [-0.39, 0.29) is 11.2 Å². The Morgan fingerprint density at radius 1 is 1.00 bits per heavy atom. The molecule has 0 radical (unpaired) electrons. The van der Waals surface area contributed by atoms with Gasteiger partial charge < -0.3 is 18.9 Å². The molecule has 34 heavy (non-hydrogen) atoms. The van der Waals surface area contributed by atoms with Crippen molar-refractivity contribution in [1.82, 2.24) is 18.7 Å². The van der Waals surface area contributed by atoms with Crippen LogP contribution in [0.5, 0.6) is 11.5 Å². The van der Waals surface area contributed by atoms with Crippen LogP contribution in [0.15, 0.2) is 58.1 Å². The molecule has 0 saturated heterocycles. The molecule has 0 bridgehead atoms. The van der Waals surface area contributed by atoms with Crippen LogP contribution in [0.1, 0.15) is 12.0 Å². The molecule has 1 aliphatic heterocycles. The van der Waals surface area contributed by atoms with Crippen LogP contribution in [0.4, 0.5) is 11.6 Å². The first-order valence-electron chi connectivity index (χ1n) is 11.3. The quantitative estimate of drug-likeness (QED) is 0.439. The van der Waals surface area contributed by atoms with Gasteiger partial charge in [-0.3, -0.25) is 13.9 Å². The van der Waals surface area contributed by atoms with E-state index in [1.165, 1.54) is 9.13 Å². The molecule has 4 aromatic rings. The summed E-state index contributed by atoms with van der Waals surface area (Å²) in [5.74, 6) is 1.98. The van der Waals surface area contributed by atoms with Crippen molar-refractivity contribution in [3.05, 3.63) is 74.9 Å². The first-order chi connectivity index (χ1) is 16.5. The van der Waals surface area contributed by atoms with Gasteiger partial charge in [-0.15, -0.1) is 0 Å². The number of methoxy groups -OCH3 is 2. The first-order valence-corrected chi connectivity index (χ1v) is 11.3. The van der Waals surface area contributed by atoms with Gasteiger partial charge in [0.05, 0.1) is 19.9 Å².